The van der Waals surface area contributed by atoms with Gasteiger partial charge in [0.25, 0.3) is 0 Å². The van der Waals surface area contributed by atoms with Gasteiger partial charge in [-0.3, -0.25) is 0 Å². The molecule has 0 aliphatic heterocycles. The summed E-state index contributed by atoms with van der Waals surface area (Å²) < 4.78 is 0. The number of aryl methyl sites for hydroxylation is 2. The van der Waals surface area contributed by atoms with Gasteiger partial charge < -0.3 is 0 Å². The van der Waals surface area contributed by atoms with E-state index in [-0.39, 0.29) is 0 Å². The van der Waals surface area contributed by atoms with Gasteiger partial charge in [-0.05, 0) is 37.1 Å². The van der Waals surface area contributed by atoms with Crippen LogP contribution in [0.1, 0.15) is 22.3 Å². The minimum atomic E-state index is 0.569. The Hall–Kier alpha value is -0.990. The Kier molecular flexibility index (Phi) is 4.67. The Labute approximate surface area is 118 Å². The molecule has 0 unspecified atom stereocenters. The quantitative estimate of drug-likeness (QED) is 0.746. The standard InChI is InChI=1S/C15H16ClNS/c1-11-5-12(2)7-14(6-11)10-18-9-13-3-4-17-15(16)8-13/h3-8H,9-10H2,1-2H3. The summed E-state index contributed by atoms with van der Waals surface area (Å²) >= 11 is 7.76. The number of hydrogen-bond donors (Lipinski definition) is 0. The smallest absolute Gasteiger partial charge is 0.129 e. The molecule has 0 atom stereocenters. The molecule has 0 N–H and O–H groups in total. The summed E-state index contributed by atoms with van der Waals surface area (Å²) in [6.45, 7) is 4.29. The fourth-order valence-electron chi connectivity index (χ4n) is 1.97. The molecular formula is C15H16ClNS. The second-order valence-electron chi connectivity index (χ2n) is 4.48. The van der Waals surface area contributed by atoms with Gasteiger partial charge in [0.1, 0.15) is 5.15 Å². The van der Waals surface area contributed by atoms with Crippen LogP contribution >= 0.6 is 23.4 Å². The molecule has 0 aliphatic rings. The van der Waals surface area contributed by atoms with Crippen molar-refractivity contribution in [2.75, 3.05) is 0 Å². The molecule has 0 amide bonds. The van der Waals surface area contributed by atoms with Crippen LogP contribution in [-0.4, -0.2) is 4.98 Å². The Balaban J connectivity index is 1.92. The highest BCUT2D eigenvalue weighted by molar-refractivity contribution is 7.97. The van der Waals surface area contributed by atoms with E-state index in [1.807, 2.05) is 23.9 Å². The summed E-state index contributed by atoms with van der Waals surface area (Å²) in [6.07, 6.45) is 1.76. The van der Waals surface area contributed by atoms with Crippen molar-refractivity contribution in [2.45, 2.75) is 25.4 Å². The Morgan fingerprint density at radius 1 is 1.00 bits per heavy atom. The van der Waals surface area contributed by atoms with Gasteiger partial charge in [-0.2, -0.15) is 11.8 Å². The third-order valence-corrected chi connectivity index (χ3v) is 3.89. The van der Waals surface area contributed by atoms with E-state index in [9.17, 15) is 0 Å². The highest BCUT2D eigenvalue weighted by atomic mass is 35.5. The zero-order valence-electron chi connectivity index (χ0n) is 10.6. The Morgan fingerprint density at radius 3 is 2.33 bits per heavy atom. The van der Waals surface area contributed by atoms with E-state index in [1.165, 1.54) is 22.3 Å². The van der Waals surface area contributed by atoms with E-state index < -0.39 is 0 Å². The van der Waals surface area contributed by atoms with Crippen LogP contribution in [0.15, 0.2) is 36.5 Å². The van der Waals surface area contributed by atoms with E-state index in [0.29, 0.717) is 5.15 Å². The molecule has 0 spiro atoms. The van der Waals surface area contributed by atoms with Crippen molar-refractivity contribution < 1.29 is 0 Å². The maximum Gasteiger partial charge on any atom is 0.129 e. The number of nitrogens with zero attached hydrogens (tertiary/aromatic N) is 1. The van der Waals surface area contributed by atoms with Crippen molar-refractivity contribution in [3.63, 3.8) is 0 Å². The average molecular weight is 278 g/mol. The Morgan fingerprint density at radius 2 is 1.67 bits per heavy atom. The fraction of sp³-hybridized carbons (Fsp3) is 0.267. The van der Waals surface area contributed by atoms with Gasteiger partial charge in [-0.1, -0.05) is 40.9 Å². The predicted molar refractivity (Wildman–Crippen MR) is 80.2 cm³/mol. The van der Waals surface area contributed by atoms with Crippen molar-refractivity contribution in [2.24, 2.45) is 0 Å². The SMILES string of the molecule is Cc1cc(C)cc(CSCc2ccnc(Cl)c2)c1. The van der Waals surface area contributed by atoms with E-state index in [1.54, 1.807) is 6.20 Å². The van der Waals surface area contributed by atoms with Gasteiger partial charge in [0.15, 0.2) is 0 Å². The van der Waals surface area contributed by atoms with E-state index in [4.69, 9.17) is 11.6 Å². The van der Waals surface area contributed by atoms with E-state index in [2.05, 4.69) is 37.0 Å². The number of pyridine rings is 1. The second-order valence-corrected chi connectivity index (χ2v) is 5.85. The zero-order chi connectivity index (χ0) is 13.0. The predicted octanol–water partition coefficient (Wildman–Crippen LogP) is 4.79. The molecule has 0 radical (unpaired) electrons. The molecule has 1 nitrogen and oxygen atoms in total. The highest BCUT2D eigenvalue weighted by Crippen LogP contribution is 2.20. The largest absolute Gasteiger partial charge is 0.245 e. The molecule has 0 aliphatic carbocycles. The van der Waals surface area contributed by atoms with Crippen LogP contribution in [0.2, 0.25) is 5.15 Å². The monoisotopic (exact) mass is 277 g/mol. The van der Waals surface area contributed by atoms with Crippen molar-refractivity contribution in [3.05, 3.63) is 63.9 Å². The first kappa shape index (κ1) is 13.4. The first-order chi connectivity index (χ1) is 8.63. The van der Waals surface area contributed by atoms with E-state index >= 15 is 0 Å². The molecular weight excluding hydrogens is 262 g/mol. The second kappa shape index (κ2) is 6.26. The molecule has 0 fully saturated rings. The third kappa shape index (κ3) is 4.04. The lowest BCUT2D eigenvalue weighted by Crippen LogP contribution is -1.87. The third-order valence-electron chi connectivity index (χ3n) is 2.61. The normalized spacial score (nSPS) is 10.6. The number of aromatic nitrogens is 1. The molecule has 1 aromatic heterocycles. The zero-order valence-corrected chi connectivity index (χ0v) is 12.2. The first-order valence-corrected chi connectivity index (χ1v) is 7.42. The van der Waals surface area contributed by atoms with Crippen LogP contribution < -0.4 is 0 Å². The van der Waals surface area contributed by atoms with Crippen LogP contribution in [0.3, 0.4) is 0 Å². The summed E-state index contributed by atoms with van der Waals surface area (Å²) in [5, 5.41) is 0.569. The van der Waals surface area contributed by atoms with Crippen molar-refractivity contribution >= 4 is 23.4 Å². The lowest BCUT2D eigenvalue weighted by atomic mass is 10.1. The van der Waals surface area contributed by atoms with Crippen LogP contribution in [-0.2, 0) is 11.5 Å². The minimum absolute atomic E-state index is 0.569. The summed E-state index contributed by atoms with van der Waals surface area (Å²) in [6, 6.07) is 10.6. The van der Waals surface area contributed by atoms with Gasteiger partial charge in [-0.15, -0.1) is 0 Å². The molecule has 0 saturated carbocycles. The molecule has 1 aromatic carbocycles. The molecule has 0 bridgehead atoms. The fourth-order valence-corrected chi connectivity index (χ4v) is 3.09. The van der Waals surface area contributed by atoms with Crippen LogP contribution in [0.4, 0.5) is 0 Å². The van der Waals surface area contributed by atoms with Crippen LogP contribution in [0.25, 0.3) is 0 Å². The number of rotatable bonds is 4. The molecule has 18 heavy (non-hydrogen) atoms. The maximum absolute atomic E-state index is 5.86. The molecule has 94 valence electrons. The maximum atomic E-state index is 5.86. The van der Waals surface area contributed by atoms with Crippen molar-refractivity contribution in [3.8, 4) is 0 Å². The Bertz CT molecular complexity index is 520. The number of hydrogen-bond acceptors (Lipinski definition) is 2. The summed E-state index contributed by atoms with van der Waals surface area (Å²) in [4.78, 5) is 3.99. The summed E-state index contributed by atoms with van der Waals surface area (Å²) in [5.74, 6) is 2.00. The van der Waals surface area contributed by atoms with Gasteiger partial charge >= 0.3 is 0 Å². The lowest BCUT2D eigenvalue weighted by molar-refractivity contribution is 1.26. The minimum Gasteiger partial charge on any atom is -0.245 e. The molecule has 1 heterocycles. The van der Waals surface area contributed by atoms with Crippen molar-refractivity contribution in [1.82, 2.24) is 4.98 Å². The number of benzene rings is 1. The molecule has 0 saturated heterocycles. The lowest BCUT2D eigenvalue weighted by Gasteiger charge is -2.05. The van der Waals surface area contributed by atoms with Crippen LogP contribution in [0, 0.1) is 13.8 Å². The summed E-state index contributed by atoms with van der Waals surface area (Å²) in [5.41, 5.74) is 5.28. The molecule has 2 aromatic rings. The topological polar surface area (TPSA) is 12.9 Å². The molecule has 3 heteroatoms. The van der Waals surface area contributed by atoms with Gasteiger partial charge in [0.05, 0.1) is 0 Å². The van der Waals surface area contributed by atoms with Crippen molar-refractivity contribution in [1.29, 1.82) is 0 Å². The summed E-state index contributed by atoms with van der Waals surface area (Å²) in [7, 11) is 0. The number of thioether (sulfide) groups is 1. The van der Waals surface area contributed by atoms with Gasteiger partial charge in [0, 0.05) is 17.7 Å². The molecule has 2 rings (SSSR count). The average Bonchev–Trinajstić information content (AvgIpc) is 2.27. The van der Waals surface area contributed by atoms with Crippen LogP contribution in [0.5, 0.6) is 0 Å². The van der Waals surface area contributed by atoms with E-state index in [0.717, 1.165) is 11.5 Å². The van der Waals surface area contributed by atoms with Gasteiger partial charge in [0.2, 0.25) is 0 Å². The highest BCUT2D eigenvalue weighted by Gasteiger charge is 1.99. The van der Waals surface area contributed by atoms with Gasteiger partial charge in [-0.25, -0.2) is 4.98 Å². The first-order valence-electron chi connectivity index (χ1n) is 5.89. The number of halogens is 1.